The summed E-state index contributed by atoms with van der Waals surface area (Å²) in [4.78, 5) is 11.5. The molecule has 1 amide bonds. The number of carbonyl (C=O) groups excluding carboxylic acids is 1. The lowest BCUT2D eigenvalue weighted by atomic mass is 10.1. The van der Waals surface area contributed by atoms with Crippen molar-refractivity contribution in [1.29, 1.82) is 0 Å². The van der Waals surface area contributed by atoms with E-state index in [-0.39, 0.29) is 17.9 Å². The van der Waals surface area contributed by atoms with Gasteiger partial charge < -0.3 is 16.3 Å². The van der Waals surface area contributed by atoms with Crippen LogP contribution in [0.25, 0.3) is 0 Å². The lowest BCUT2D eigenvalue weighted by molar-refractivity contribution is 0.0955. The van der Waals surface area contributed by atoms with E-state index in [1.54, 1.807) is 13.0 Å². The van der Waals surface area contributed by atoms with E-state index in [0.717, 1.165) is 5.56 Å². The van der Waals surface area contributed by atoms with Crippen molar-refractivity contribution in [2.24, 2.45) is 10.9 Å². The first-order valence-electron chi connectivity index (χ1n) is 4.55. The highest BCUT2D eigenvalue weighted by Gasteiger charge is 2.11. The first kappa shape index (κ1) is 12.0. The van der Waals surface area contributed by atoms with Crippen molar-refractivity contribution in [2.45, 2.75) is 6.92 Å². The number of hydrogen-bond acceptors (Lipinski definition) is 3. The lowest BCUT2D eigenvalue weighted by Crippen LogP contribution is -2.34. The average Bonchev–Trinajstić information content (AvgIpc) is 2.25. The Kier molecular flexibility index (Phi) is 3.82. The molecule has 0 unspecified atom stereocenters. The number of nitrogens with two attached hydrogens (primary N) is 1. The van der Waals surface area contributed by atoms with Gasteiger partial charge in [-0.15, -0.1) is 0 Å². The standard InChI is InChI=1S/C10H12FN3O2/c1-6-2-3-7(8(11)4-6)10(15)13-5-9(12)14-16/h2-4,16H,5H2,1H3,(H2,12,14)(H,13,15). The lowest BCUT2D eigenvalue weighted by Gasteiger charge is -2.05. The quantitative estimate of drug-likeness (QED) is 0.305. The second-order valence-electron chi connectivity index (χ2n) is 3.26. The Labute approximate surface area is 91.8 Å². The third-order valence-electron chi connectivity index (χ3n) is 1.93. The van der Waals surface area contributed by atoms with Gasteiger partial charge in [-0.3, -0.25) is 4.79 Å². The van der Waals surface area contributed by atoms with E-state index in [2.05, 4.69) is 10.5 Å². The van der Waals surface area contributed by atoms with Crippen LogP contribution in [-0.4, -0.2) is 23.5 Å². The molecule has 86 valence electrons. The van der Waals surface area contributed by atoms with E-state index in [9.17, 15) is 9.18 Å². The zero-order valence-electron chi connectivity index (χ0n) is 8.70. The summed E-state index contributed by atoms with van der Waals surface area (Å²) in [5.41, 5.74) is 5.81. The third-order valence-corrected chi connectivity index (χ3v) is 1.93. The predicted octanol–water partition coefficient (Wildman–Crippen LogP) is 0.610. The number of amidine groups is 1. The van der Waals surface area contributed by atoms with Gasteiger partial charge in [0.1, 0.15) is 5.82 Å². The molecule has 0 bridgehead atoms. The zero-order valence-corrected chi connectivity index (χ0v) is 8.70. The molecular weight excluding hydrogens is 213 g/mol. The van der Waals surface area contributed by atoms with Crippen LogP contribution in [0, 0.1) is 12.7 Å². The fourth-order valence-electron chi connectivity index (χ4n) is 1.11. The maximum absolute atomic E-state index is 13.3. The number of benzene rings is 1. The molecule has 0 saturated carbocycles. The summed E-state index contributed by atoms with van der Waals surface area (Å²) >= 11 is 0. The number of hydrogen-bond donors (Lipinski definition) is 3. The van der Waals surface area contributed by atoms with Crippen molar-refractivity contribution in [2.75, 3.05) is 6.54 Å². The summed E-state index contributed by atoms with van der Waals surface area (Å²) in [6, 6.07) is 4.27. The number of rotatable bonds is 3. The maximum Gasteiger partial charge on any atom is 0.254 e. The number of halogens is 1. The van der Waals surface area contributed by atoms with E-state index in [1.807, 2.05) is 0 Å². The molecular formula is C10H12FN3O2. The summed E-state index contributed by atoms with van der Waals surface area (Å²) in [6.07, 6.45) is 0. The van der Waals surface area contributed by atoms with Crippen LogP contribution < -0.4 is 11.1 Å². The highest BCUT2D eigenvalue weighted by atomic mass is 19.1. The minimum atomic E-state index is -0.607. The molecule has 0 aliphatic carbocycles. The van der Waals surface area contributed by atoms with Gasteiger partial charge in [0.05, 0.1) is 12.1 Å². The first-order valence-corrected chi connectivity index (χ1v) is 4.55. The second kappa shape index (κ2) is 5.11. The highest BCUT2D eigenvalue weighted by Crippen LogP contribution is 2.09. The fraction of sp³-hybridized carbons (Fsp3) is 0.200. The van der Waals surface area contributed by atoms with Crippen LogP contribution in [0.5, 0.6) is 0 Å². The van der Waals surface area contributed by atoms with Gasteiger partial charge in [0.25, 0.3) is 5.91 Å². The molecule has 0 fully saturated rings. The molecule has 16 heavy (non-hydrogen) atoms. The van der Waals surface area contributed by atoms with Crippen molar-refractivity contribution in [3.05, 3.63) is 35.1 Å². The number of amides is 1. The summed E-state index contributed by atoms with van der Waals surface area (Å²) in [5, 5.41) is 13.2. The molecule has 1 aromatic rings. The molecule has 0 spiro atoms. The normalized spacial score (nSPS) is 11.2. The summed E-state index contributed by atoms with van der Waals surface area (Å²) in [7, 11) is 0. The average molecular weight is 225 g/mol. The minimum Gasteiger partial charge on any atom is -0.409 e. The van der Waals surface area contributed by atoms with Gasteiger partial charge in [0.2, 0.25) is 0 Å². The van der Waals surface area contributed by atoms with Crippen molar-refractivity contribution < 1.29 is 14.4 Å². The Morgan fingerprint density at radius 1 is 1.62 bits per heavy atom. The Morgan fingerprint density at radius 2 is 2.31 bits per heavy atom. The van der Waals surface area contributed by atoms with Gasteiger partial charge in [0.15, 0.2) is 5.84 Å². The number of nitrogens with zero attached hydrogens (tertiary/aromatic N) is 1. The van der Waals surface area contributed by atoms with E-state index < -0.39 is 11.7 Å². The van der Waals surface area contributed by atoms with Crippen molar-refractivity contribution in [3.63, 3.8) is 0 Å². The molecule has 0 aromatic heterocycles. The summed E-state index contributed by atoms with van der Waals surface area (Å²) < 4.78 is 13.3. The Balaban J connectivity index is 2.74. The van der Waals surface area contributed by atoms with E-state index >= 15 is 0 Å². The highest BCUT2D eigenvalue weighted by molar-refractivity contribution is 5.97. The van der Waals surface area contributed by atoms with Crippen LogP contribution in [0.2, 0.25) is 0 Å². The van der Waals surface area contributed by atoms with Crippen LogP contribution in [0.15, 0.2) is 23.4 Å². The molecule has 0 aliphatic rings. The monoisotopic (exact) mass is 225 g/mol. The number of aryl methyl sites for hydroxylation is 1. The number of carbonyl (C=O) groups is 1. The molecule has 6 heteroatoms. The summed E-state index contributed by atoms with van der Waals surface area (Å²) in [5.74, 6) is -1.36. The number of nitrogens with one attached hydrogen (secondary N) is 1. The van der Waals surface area contributed by atoms with Gasteiger partial charge >= 0.3 is 0 Å². The summed E-state index contributed by atoms with van der Waals surface area (Å²) in [6.45, 7) is 1.59. The molecule has 1 rings (SSSR count). The zero-order chi connectivity index (χ0) is 12.1. The smallest absolute Gasteiger partial charge is 0.254 e. The van der Waals surface area contributed by atoms with Crippen molar-refractivity contribution >= 4 is 11.7 Å². The number of oxime groups is 1. The van der Waals surface area contributed by atoms with Crippen LogP contribution in [0.3, 0.4) is 0 Å². The van der Waals surface area contributed by atoms with Gasteiger partial charge in [-0.1, -0.05) is 11.2 Å². The first-order chi connectivity index (χ1) is 7.54. The largest absolute Gasteiger partial charge is 0.409 e. The second-order valence-corrected chi connectivity index (χ2v) is 3.26. The predicted molar refractivity (Wildman–Crippen MR) is 56.9 cm³/mol. The molecule has 4 N–H and O–H groups in total. The van der Waals surface area contributed by atoms with Crippen LogP contribution >= 0.6 is 0 Å². The van der Waals surface area contributed by atoms with Crippen molar-refractivity contribution in [3.8, 4) is 0 Å². The molecule has 0 saturated heterocycles. The molecule has 0 heterocycles. The minimum absolute atomic E-state index is 0.0728. The Morgan fingerprint density at radius 3 is 2.88 bits per heavy atom. The van der Waals surface area contributed by atoms with Crippen LogP contribution in [-0.2, 0) is 0 Å². The molecule has 0 radical (unpaired) electrons. The van der Waals surface area contributed by atoms with Crippen LogP contribution in [0.4, 0.5) is 4.39 Å². The van der Waals surface area contributed by atoms with Gasteiger partial charge in [-0.05, 0) is 24.6 Å². The topological polar surface area (TPSA) is 87.7 Å². The maximum atomic E-state index is 13.3. The Hall–Kier alpha value is -2.11. The third kappa shape index (κ3) is 2.94. The van der Waals surface area contributed by atoms with E-state index in [4.69, 9.17) is 10.9 Å². The van der Waals surface area contributed by atoms with Gasteiger partial charge in [-0.2, -0.15) is 0 Å². The molecule has 1 aromatic carbocycles. The van der Waals surface area contributed by atoms with Crippen LogP contribution in [0.1, 0.15) is 15.9 Å². The van der Waals surface area contributed by atoms with Crippen molar-refractivity contribution in [1.82, 2.24) is 5.32 Å². The molecule has 0 aliphatic heterocycles. The van der Waals surface area contributed by atoms with Gasteiger partial charge in [-0.25, -0.2) is 4.39 Å². The van der Waals surface area contributed by atoms with E-state index in [0.29, 0.717) is 0 Å². The SMILES string of the molecule is Cc1ccc(C(=O)NCC(N)=NO)c(F)c1. The van der Waals surface area contributed by atoms with Gasteiger partial charge in [0, 0.05) is 0 Å². The fourth-order valence-corrected chi connectivity index (χ4v) is 1.11. The molecule has 5 nitrogen and oxygen atoms in total. The molecule has 0 atom stereocenters. The van der Waals surface area contributed by atoms with E-state index in [1.165, 1.54) is 12.1 Å². The Bertz CT molecular complexity index is 432.